The molecule has 1 saturated carbocycles. The lowest BCUT2D eigenvalue weighted by Gasteiger charge is -2.42. The Labute approximate surface area is 143 Å². The quantitative estimate of drug-likeness (QED) is 0.927. The molecule has 1 aliphatic carbocycles. The molecular formula is C19H26N2O3. The topological polar surface area (TPSA) is 58.6 Å². The molecule has 1 aromatic carbocycles. The van der Waals surface area contributed by atoms with E-state index in [1.807, 2.05) is 11.9 Å². The smallest absolute Gasteiger partial charge is 0.407 e. The van der Waals surface area contributed by atoms with Gasteiger partial charge < -0.3 is 15.0 Å². The van der Waals surface area contributed by atoms with Crippen LogP contribution in [0.25, 0.3) is 0 Å². The number of hydrogen-bond donors (Lipinski definition) is 1. The number of carbonyl (C=O) groups is 2. The summed E-state index contributed by atoms with van der Waals surface area (Å²) in [4.78, 5) is 25.7. The monoisotopic (exact) mass is 330 g/mol. The molecule has 130 valence electrons. The van der Waals surface area contributed by atoms with Crippen molar-refractivity contribution in [3.05, 3.63) is 34.9 Å². The number of ether oxygens (including phenoxy) is 1. The second-order valence-electron chi connectivity index (χ2n) is 7.12. The van der Waals surface area contributed by atoms with Crippen molar-refractivity contribution < 1.29 is 14.3 Å². The second-order valence-corrected chi connectivity index (χ2v) is 7.12. The van der Waals surface area contributed by atoms with Gasteiger partial charge in [0.25, 0.3) is 0 Å². The van der Waals surface area contributed by atoms with E-state index < -0.39 is 6.09 Å². The maximum absolute atomic E-state index is 12.7. The van der Waals surface area contributed by atoms with Gasteiger partial charge in [0.05, 0.1) is 12.5 Å². The molecule has 2 fully saturated rings. The highest BCUT2D eigenvalue weighted by atomic mass is 16.5. The lowest BCUT2D eigenvalue weighted by atomic mass is 9.74. The Morgan fingerprint density at radius 2 is 2.00 bits per heavy atom. The minimum Gasteiger partial charge on any atom is -0.450 e. The van der Waals surface area contributed by atoms with Crippen molar-refractivity contribution in [3.8, 4) is 0 Å². The van der Waals surface area contributed by atoms with Crippen molar-refractivity contribution in [2.75, 3.05) is 20.2 Å². The molecule has 0 unspecified atom stereocenters. The summed E-state index contributed by atoms with van der Waals surface area (Å²) in [5, 5.41) is 2.64. The molecule has 1 aliphatic heterocycles. The number of alkyl carbamates (subject to hydrolysis) is 1. The summed E-state index contributed by atoms with van der Waals surface area (Å²) in [6, 6.07) is 6.96. The summed E-state index contributed by atoms with van der Waals surface area (Å²) in [5.41, 5.74) is 4.03. The Bertz CT molecular complexity index is 637. The van der Waals surface area contributed by atoms with Crippen LogP contribution in [0.2, 0.25) is 0 Å². The molecule has 2 amide bonds. The van der Waals surface area contributed by atoms with Gasteiger partial charge in [-0.1, -0.05) is 18.2 Å². The summed E-state index contributed by atoms with van der Waals surface area (Å²) in [5.74, 6) is 0.480. The van der Waals surface area contributed by atoms with Gasteiger partial charge >= 0.3 is 6.09 Å². The number of nitrogens with zero attached hydrogens (tertiary/aromatic N) is 1. The van der Waals surface area contributed by atoms with Crippen molar-refractivity contribution in [3.63, 3.8) is 0 Å². The van der Waals surface area contributed by atoms with E-state index in [1.54, 1.807) is 0 Å². The van der Waals surface area contributed by atoms with Gasteiger partial charge in [-0.25, -0.2) is 4.79 Å². The molecule has 0 bridgehead atoms. The van der Waals surface area contributed by atoms with E-state index in [9.17, 15) is 9.59 Å². The Kier molecular flexibility index (Phi) is 4.78. The van der Waals surface area contributed by atoms with Gasteiger partial charge in [0.2, 0.25) is 5.91 Å². The van der Waals surface area contributed by atoms with Crippen molar-refractivity contribution in [1.82, 2.24) is 10.2 Å². The third-order valence-corrected chi connectivity index (χ3v) is 5.55. The SMILES string of the molecule is Cc1ccc(C2CC(N(C)C(=O)[C@@H]3CCOC(=O)NC3)C2)cc1C. The van der Waals surface area contributed by atoms with Gasteiger partial charge in [0, 0.05) is 19.6 Å². The molecule has 5 nitrogen and oxygen atoms in total. The summed E-state index contributed by atoms with van der Waals surface area (Å²) >= 11 is 0. The third kappa shape index (κ3) is 3.40. The van der Waals surface area contributed by atoms with Crippen LogP contribution in [0.3, 0.4) is 0 Å². The van der Waals surface area contributed by atoms with Crippen molar-refractivity contribution >= 4 is 12.0 Å². The van der Waals surface area contributed by atoms with Crippen LogP contribution in [0, 0.1) is 19.8 Å². The van der Waals surface area contributed by atoms with E-state index >= 15 is 0 Å². The number of amides is 2. The van der Waals surface area contributed by atoms with Crippen LogP contribution in [-0.2, 0) is 9.53 Å². The first kappa shape index (κ1) is 16.8. The number of carbonyl (C=O) groups excluding carboxylic acids is 2. The van der Waals surface area contributed by atoms with Crippen molar-refractivity contribution in [2.24, 2.45) is 5.92 Å². The lowest BCUT2D eigenvalue weighted by molar-refractivity contribution is -0.138. The zero-order chi connectivity index (χ0) is 17.3. The molecule has 24 heavy (non-hydrogen) atoms. The number of aryl methyl sites for hydroxylation is 2. The fourth-order valence-corrected chi connectivity index (χ4v) is 3.53. The maximum atomic E-state index is 12.7. The first-order valence-corrected chi connectivity index (χ1v) is 8.70. The third-order valence-electron chi connectivity index (χ3n) is 5.55. The number of benzene rings is 1. The zero-order valence-electron chi connectivity index (χ0n) is 14.7. The molecule has 3 rings (SSSR count). The summed E-state index contributed by atoms with van der Waals surface area (Å²) < 4.78 is 4.94. The van der Waals surface area contributed by atoms with Crippen LogP contribution in [-0.4, -0.2) is 43.1 Å². The van der Waals surface area contributed by atoms with E-state index in [-0.39, 0.29) is 11.8 Å². The summed E-state index contributed by atoms with van der Waals surface area (Å²) in [6.07, 6.45) is 2.20. The molecule has 1 heterocycles. The van der Waals surface area contributed by atoms with Gasteiger partial charge in [0.1, 0.15) is 0 Å². The molecule has 0 spiro atoms. The Morgan fingerprint density at radius 3 is 2.71 bits per heavy atom. The van der Waals surface area contributed by atoms with Gasteiger partial charge in [0.15, 0.2) is 0 Å². The highest BCUT2D eigenvalue weighted by molar-refractivity contribution is 5.80. The zero-order valence-corrected chi connectivity index (χ0v) is 14.7. The fourth-order valence-electron chi connectivity index (χ4n) is 3.53. The van der Waals surface area contributed by atoms with Crippen LogP contribution >= 0.6 is 0 Å². The molecule has 1 atom stereocenters. The molecule has 0 aromatic heterocycles. The molecule has 1 N–H and O–H groups in total. The number of cyclic esters (lactones) is 1. The summed E-state index contributed by atoms with van der Waals surface area (Å²) in [6.45, 7) is 4.96. The Balaban J connectivity index is 1.55. The average molecular weight is 330 g/mol. The predicted molar refractivity (Wildman–Crippen MR) is 91.9 cm³/mol. The van der Waals surface area contributed by atoms with Gasteiger partial charge in [-0.2, -0.15) is 0 Å². The largest absolute Gasteiger partial charge is 0.450 e. The molecule has 0 radical (unpaired) electrons. The van der Waals surface area contributed by atoms with Gasteiger partial charge in [-0.15, -0.1) is 0 Å². The van der Waals surface area contributed by atoms with E-state index in [0.29, 0.717) is 31.5 Å². The fraction of sp³-hybridized carbons (Fsp3) is 0.579. The average Bonchev–Trinajstić information content (AvgIpc) is 2.73. The van der Waals surface area contributed by atoms with Crippen LogP contribution in [0.5, 0.6) is 0 Å². The second kappa shape index (κ2) is 6.83. The Morgan fingerprint density at radius 1 is 1.25 bits per heavy atom. The maximum Gasteiger partial charge on any atom is 0.407 e. The van der Waals surface area contributed by atoms with Crippen molar-refractivity contribution in [1.29, 1.82) is 0 Å². The molecule has 1 saturated heterocycles. The number of nitrogens with one attached hydrogen (secondary N) is 1. The van der Waals surface area contributed by atoms with Crippen LogP contribution in [0.4, 0.5) is 4.79 Å². The van der Waals surface area contributed by atoms with E-state index in [2.05, 4.69) is 37.4 Å². The molecule has 2 aliphatic rings. The van der Waals surface area contributed by atoms with Crippen molar-refractivity contribution in [2.45, 2.75) is 45.1 Å². The first-order chi connectivity index (χ1) is 11.5. The van der Waals surface area contributed by atoms with E-state index in [1.165, 1.54) is 16.7 Å². The van der Waals surface area contributed by atoms with Gasteiger partial charge in [-0.3, -0.25) is 4.79 Å². The highest BCUT2D eigenvalue weighted by Crippen LogP contribution is 2.40. The van der Waals surface area contributed by atoms with E-state index in [4.69, 9.17) is 4.74 Å². The number of rotatable bonds is 3. The summed E-state index contributed by atoms with van der Waals surface area (Å²) in [7, 11) is 1.89. The lowest BCUT2D eigenvalue weighted by Crippen LogP contribution is -2.48. The Hall–Kier alpha value is -2.04. The highest BCUT2D eigenvalue weighted by Gasteiger charge is 2.37. The standard InChI is InChI=1S/C19H26N2O3/c1-12-4-5-14(8-13(12)2)16-9-17(10-16)21(3)18(22)15-6-7-24-19(23)20-11-15/h4-5,8,15-17H,6-7,9-11H2,1-3H3,(H,20,23)/t15-,16?,17?/m1/s1. The molecule has 1 aromatic rings. The first-order valence-electron chi connectivity index (χ1n) is 8.70. The molecular weight excluding hydrogens is 304 g/mol. The van der Waals surface area contributed by atoms with Crippen LogP contribution < -0.4 is 5.32 Å². The minimum atomic E-state index is -0.425. The minimum absolute atomic E-state index is 0.115. The molecule has 5 heteroatoms. The number of hydrogen-bond acceptors (Lipinski definition) is 3. The predicted octanol–water partition coefficient (Wildman–Crippen LogP) is 2.75. The van der Waals surface area contributed by atoms with Gasteiger partial charge in [-0.05, 0) is 55.7 Å². The van der Waals surface area contributed by atoms with Crippen LogP contribution in [0.1, 0.15) is 41.9 Å². The van der Waals surface area contributed by atoms with Crippen LogP contribution in [0.15, 0.2) is 18.2 Å². The van der Waals surface area contributed by atoms with E-state index in [0.717, 1.165) is 12.8 Å². The normalized spacial score (nSPS) is 26.6.